The minimum Gasteiger partial charge on any atom is -0.318 e. The molecule has 0 atom stereocenters. The Morgan fingerprint density at radius 3 is 1.69 bits per heavy atom. The van der Waals surface area contributed by atoms with Gasteiger partial charge in [0.15, 0.2) is 0 Å². The van der Waals surface area contributed by atoms with Gasteiger partial charge in [-0.1, -0.05) is 176 Å². The molecule has 4 heterocycles. The predicted octanol–water partition coefficient (Wildman–Crippen LogP) is 18.0. The van der Waals surface area contributed by atoms with Gasteiger partial charge in [-0.05, 0) is 52.6 Å². The first-order valence-corrected chi connectivity index (χ1v) is 23.8. The summed E-state index contributed by atoms with van der Waals surface area (Å²) in [7, 11) is 0. The Hall–Kier alpha value is -8.78. The molecule has 14 rings (SSSR count). The third-order valence-corrected chi connectivity index (χ3v) is 15.8. The molecule has 0 aliphatic carbocycles. The van der Waals surface area contributed by atoms with Gasteiger partial charge in [-0.3, -0.25) is 0 Å². The van der Waals surface area contributed by atoms with Gasteiger partial charge in [-0.2, -0.15) is 5.26 Å². The average Bonchev–Trinajstić information content (AvgIpc) is 4.20. The van der Waals surface area contributed by atoms with E-state index in [4.69, 9.17) is 4.11 Å². The van der Waals surface area contributed by atoms with Gasteiger partial charge in [0.25, 0.3) is 0 Å². The van der Waals surface area contributed by atoms with Crippen molar-refractivity contribution >= 4 is 112 Å². The summed E-state index contributed by atoms with van der Waals surface area (Å²) in [4.78, 5) is 4.49. The lowest BCUT2D eigenvalue weighted by molar-refractivity contribution is 1.14. The average molecular weight is 904 g/mol. The highest BCUT2D eigenvalue weighted by Crippen LogP contribution is 2.55. The van der Waals surface area contributed by atoms with Crippen molar-refractivity contribution in [2.75, 3.05) is 0 Å². The first-order chi connectivity index (χ1) is 35.8. The van der Waals surface area contributed by atoms with Gasteiger partial charge >= 0.3 is 0 Å². The van der Waals surface area contributed by atoms with Crippen LogP contribution >= 0.6 is 22.7 Å². The van der Waals surface area contributed by atoms with E-state index >= 15 is 0 Å². The predicted molar refractivity (Wildman–Crippen MR) is 288 cm³/mol. The number of fused-ring (bicyclic) bond motifs is 14. The summed E-state index contributed by atoms with van der Waals surface area (Å²) in [5, 5.41) is 19.6. The molecule has 4 aromatic heterocycles. The summed E-state index contributed by atoms with van der Waals surface area (Å²) in [6.07, 6.45) is 0. The zero-order valence-corrected chi connectivity index (χ0v) is 37.5. The number of hydrogen-bond donors (Lipinski definition) is 0. The third-order valence-electron chi connectivity index (χ3n) is 13.4. The molecule has 0 aliphatic rings. The van der Waals surface area contributed by atoms with Crippen LogP contribution < -0.4 is 0 Å². The molecule has 0 bridgehead atoms. The molecule has 10 aromatic carbocycles. The van der Waals surface area contributed by atoms with Gasteiger partial charge in [0.2, 0.25) is 5.69 Å². The van der Waals surface area contributed by atoms with E-state index in [-0.39, 0.29) is 17.6 Å². The van der Waals surface area contributed by atoms with Gasteiger partial charge < -0.3 is 9.13 Å². The van der Waals surface area contributed by atoms with Crippen molar-refractivity contribution in [3.63, 3.8) is 0 Å². The maximum absolute atomic E-state index is 12.2. The number of nitriles is 1. The van der Waals surface area contributed by atoms with Crippen LogP contribution in [0, 0.1) is 17.9 Å². The van der Waals surface area contributed by atoms with E-state index in [1.807, 2.05) is 103 Å². The standard InChI is InChI=1S/C62H34N4S2/c1-64-56-53(38-21-7-3-8-22-38)48(36-63)57(54(39-23-9-4-10-24-39)60(56)65-49-29-15-11-25-40(49)41-26-12-16-30-50(41)65)66-58-43(33-34-44-42-27-13-17-31-51(42)67-61(44)58)47-35-46(37-19-5-2-6-20-37)55-45-28-14-18-32-52(45)68-62(55)59(47)66/h2-35H/i2D,5D,6D,19D,20D. The molecular weight excluding hydrogens is 865 g/mol. The van der Waals surface area contributed by atoms with E-state index in [0.29, 0.717) is 39.3 Å². The van der Waals surface area contributed by atoms with E-state index in [1.165, 1.54) is 0 Å². The molecule has 0 radical (unpaired) electrons. The molecule has 0 saturated heterocycles. The van der Waals surface area contributed by atoms with Crippen molar-refractivity contribution in [3.05, 3.63) is 223 Å². The topological polar surface area (TPSA) is 38.0 Å². The Bertz CT molecular complexity index is 4740. The lowest BCUT2D eigenvalue weighted by Crippen LogP contribution is -2.09. The van der Waals surface area contributed by atoms with Crippen LogP contribution in [0.2, 0.25) is 0 Å². The lowest BCUT2D eigenvalue weighted by Gasteiger charge is -2.26. The Balaban J connectivity index is 1.32. The molecular formula is C62H34N4S2. The van der Waals surface area contributed by atoms with E-state index in [9.17, 15) is 14.6 Å². The van der Waals surface area contributed by atoms with Crippen molar-refractivity contribution < 1.29 is 6.85 Å². The van der Waals surface area contributed by atoms with Crippen LogP contribution in [0.1, 0.15) is 12.4 Å². The first kappa shape index (κ1) is 33.7. The number of thiophene rings is 2. The van der Waals surface area contributed by atoms with Gasteiger partial charge in [0, 0.05) is 63.6 Å². The van der Waals surface area contributed by atoms with Crippen molar-refractivity contribution in [2.45, 2.75) is 0 Å². The smallest absolute Gasteiger partial charge is 0.220 e. The molecule has 0 unspecified atom stereocenters. The quantitative estimate of drug-likeness (QED) is 0.159. The van der Waals surface area contributed by atoms with E-state index in [1.54, 1.807) is 22.7 Å². The number of hydrogen-bond acceptors (Lipinski definition) is 3. The van der Waals surface area contributed by atoms with Crippen LogP contribution in [-0.4, -0.2) is 9.13 Å². The lowest BCUT2D eigenvalue weighted by atomic mass is 9.88. The highest BCUT2D eigenvalue weighted by molar-refractivity contribution is 7.27. The maximum atomic E-state index is 12.2. The van der Waals surface area contributed by atoms with Gasteiger partial charge in [-0.25, -0.2) is 4.85 Å². The molecule has 0 saturated carbocycles. The zero-order chi connectivity index (χ0) is 49.4. The largest absolute Gasteiger partial charge is 0.318 e. The van der Waals surface area contributed by atoms with Crippen LogP contribution in [0.3, 0.4) is 0 Å². The Labute approximate surface area is 405 Å². The maximum Gasteiger partial charge on any atom is 0.220 e. The molecule has 6 heteroatoms. The molecule has 68 heavy (non-hydrogen) atoms. The second-order valence-corrected chi connectivity index (χ2v) is 19.0. The molecule has 0 fully saturated rings. The summed E-state index contributed by atoms with van der Waals surface area (Å²) in [6.45, 7) is 9.28. The van der Waals surface area contributed by atoms with Crippen molar-refractivity contribution in [2.24, 2.45) is 0 Å². The summed E-state index contributed by atoms with van der Waals surface area (Å²) in [5.41, 5.74) is 8.70. The molecule has 4 nitrogen and oxygen atoms in total. The normalized spacial score (nSPS) is 12.8. The molecule has 0 spiro atoms. The number of aromatic nitrogens is 2. The van der Waals surface area contributed by atoms with E-state index in [2.05, 4.69) is 92.8 Å². The summed E-state index contributed by atoms with van der Waals surface area (Å²) < 4.78 is 53.4. The second kappa shape index (κ2) is 14.9. The van der Waals surface area contributed by atoms with Crippen LogP contribution in [0.4, 0.5) is 5.69 Å². The van der Waals surface area contributed by atoms with E-state index < -0.39 is 18.1 Å². The van der Waals surface area contributed by atoms with Crippen LogP contribution in [-0.2, 0) is 0 Å². The first-order valence-electron chi connectivity index (χ1n) is 24.7. The van der Waals surface area contributed by atoms with Crippen LogP contribution in [0.25, 0.3) is 134 Å². The Morgan fingerprint density at radius 1 is 0.485 bits per heavy atom. The number of para-hydroxylation sites is 2. The Kier molecular flexibility index (Phi) is 7.36. The Morgan fingerprint density at radius 2 is 1.03 bits per heavy atom. The van der Waals surface area contributed by atoms with Crippen molar-refractivity contribution in [1.29, 1.82) is 5.26 Å². The molecule has 0 aliphatic heterocycles. The van der Waals surface area contributed by atoms with Gasteiger partial charge in [0.05, 0.1) is 61.8 Å². The van der Waals surface area contributed by atoms with Crippen molar-refractivity contribution in [1.82, 2.24) is 9.13 Å². The highest BCUT2D eigenvalue weighted by atomic mass is 32.1. The zero-order valence-electron chi connectivity index (χ0n) is 40.8. The van der Waals surface area contributed by atoms with Crippen LogP contribution in [0.5, 0.6) is 0 Å². The SMILES string of the molecule is [2H]c1c([2H])c([2H])c(-c2cc3c4ccc5c6ccccc6sc5c4n(-c4c(C#N)c(-c5ccccc5)c([N+]#[C-])c(-n5c6ccccc6c6ccccc65)c4-c4ccccc4)c3c3sc4ccccc4c23)c([2H])c1[2H]. The minimum atomic E-state index is -0.455. The summed E-state index contributed by atoms with van der Waals surface area (Å²) >= 11 is 3.26. The monoisotopic (exact) mass is 903 g/mol. The van der Waals surface area contributed by atoms with Gasteiger partial charge in [0.1, 0.15) is 6.07 Å². The molecule has 0 N–H and O–H groups in total. The fourth-order valence-corrected chi connectivity index (χ4v) is 13.2. The van der Waals surface area contributed by atoms with Crippen LogP contribution in [0.15, 0.2) is 206 Å². The number of nitrogens with zero attached hydrogens (tertiary/aromatic N) is 4. The second-order valence-electron chi connectivity index (χ2n) is 16.9. The third kappa shape index (κ3) is 5.33. The highest BCUT2D eigenvalue weighted by Gasteiger charge is 2.33. The van der Waals surface area contributed by atoms with Crippen molar-refractivity contribution in [3.8, 4) is 50.8 Å². The summed E-state index contributed by atoms with van der Waals surface area (Å²) in [5.74, 6) is 0. The van der Waals surface area contributed by atoms with Gasteiger partial charge in [-0.15, -0.1) is 22.7 Å². The fourth-order valence-electron chi connectivity index (χ4n) is 10.7. The minimum absolute atomic E-state index is 0.120. The van der Waals surface area contributed by atoms with E-state index in [0.717, 1.165) is 95.1 Å². The fraction of sp³-hybridized carbons (Fsp3) is 0. The number of benzene rings is 10. The molecule has 314 valence electrons. The summed E-state index contributed by atoms with van der Waals surface area (Å²) in [6, 6.07) is 60.0. The molecule has 0 amide bonds. The number of rotatable bonds is 5. The molecule has 14 aromatic rings.